The molecule has 3 rings (SSSR count). The van der Waals surface area contributed by atoms with Gasteiger partial charge in [0.05, 0.1) is 0 Å². The summed E-state index contributed by atoms with van der Waals surface area (Å²) in [6.07, 6.45) is 0. The van der Waals surface area contributed by atoms with Crippen molar-refractivity contribution in [2.45, 2.75) is 39.0 Å². The zero-order valence-corrected chi connectivity index (χ0v) is 15.9. The van der Waals surface area contributed by atoms with E-state index in [0.717, 1.165) is 0 Å². The Morgan fingerprint density at radius 1 is 1.07 bits per heavy atom. The van der Waals surface area contributed by atoms with Gasteiger partial charge >= 0.3 is 0 Å². The fraction of sp³-hybridized carbons (Fsp3) is 0.250. The van der Waals surface area contributed by atoms with Crippen molar-refractivity contribution in [1.82, 2.24) is 5.32 Å². The van der Waals surface area contributed by atoms with E-state index in [-0.39, 0.29) is 11.9 Å². The summed E-state index contributed by atoms with van der Waals surface area (Å²) in [5.74, 6) is 5.40. The molecule has 0 aromatic heterocycles. The van der Waals surface area contributed by atoms with Gasteiger partial charge < -0.3 is 10.4 Å². The predicted octanol–water partition coefficient (Wildman–Crippen LogP) is 4.95. The van der Waals surface area contributed by atoms with Gasteiger partial charge in [0.1, 0.15) is 11.4 Å². The van der Waals surface area contributed by atoms with E-state index in [1.54, 1.807) is 26.0 Å². The minimum Gasteiger partial charge on any atom is -0.378 e. The summed E-state index contributed by atoms with van der Waals surface area (Å²) in [6, 6.07) is 19.4. The normalized spacial score (nSPS) is 12.5. The Morgan fingerprint density at radius 3 is 2.59 bits per heavy atom. The lowest BCUT2D eigenvalue weighted by Gasteiger charge is -2.17. The van der Waals surface area contributed by atoms with Crippen molar-refractivity contribution >= 4 is 10.8 Å². The maximum absolute atomic E-state index is 14.2. The Hall–Kier alpha value is -2.67. The SMILES string of the molecule is CC(NCc1cc(C#CC(C)(C)O)ccc1F)c1cccc2ccccc12. The van der Waals surface area contributed by atoms with Gasteiger partial charge in [-0.2, -0.15) is 0 Å². The third-order valence-electron chi connectivity index (χ3n) is 4.45. The van der Waals surface area contributed by atoms with Gasteiger partial charge in [0, 0.05) is 23.7 Å². The highest BCUT2D eigenvalue weighted by Gasteiger charge is 2.11. The summed E-state index contributed by atoms with van der Waals surface area (Å²) in [6.45, 7) is 5.72. The van der Waals surface area contributed by atoms with E-state index in [9.17, 15) is 9.50 Å². The Balaban J connectivity index is 1.78. The lowest BCUT2D eigenvalue weighted by molar-refractivity contribution is 0.143. The molecule has 1 atom stereocenters. The highest BCUT2D eigenvalue weighted by molar-refractivity contribution is 5.86. The standard InChI is InChI=1S/C24H24FNO/c1-17(21-10-6-8-19-7-4-5-9-22(19)21)26-16-20-15-18(11-12-23(20)25)13-14-24(2,3)27/h4-12,15,17,26-27H,16H2,1-3H3. The molecule has 2 nitrogen and oxygen atoms in total. The second-order valence-electron chi connectivity index (χ2n) is 7.29. The van der Waals surface area contributed by atoms with Gasteiger partial charge in [0.15, 0.2) is 0 Å². The highest BCUT2D eigenvalue weighted by Crippen LogP contribution is 2.24. The number of nitrogens with one attached hydrogen (secondary N) is 1. The first-order chi connectivity index (χ1) is 12.8. The molecular weight excluding hydrogens is 337 g/mol. The number of halogens is 1. The second kappa shape index (κ2) is 7.92. The molecule has 0 fully saturated rings. The molecule has 3 heteroatoms. The van der Waals surface area contributed by atoms with Crippen LogP contribution in [0.4, 0.5) is 4.39 Å². The number of aliphatic hydroxyl groups is 1. The lowest BCUT2D eigenvalue weighted by atomic mass is 9.99. The molecule has 0 aliphatic carbocycles. The number of benzene rings is 3. The minimum atomic E-state index is -1.07. The van der Waals surface area contributed by atoms with E-state index < -0.39 is 5.60 Å². The molecule has 0 saturated carbocycles. The topological polar surface area (TPSA) is 32.3 Å². The van der Waals surface area contributed by atoms with Crippen molar-refractivity contribution in [1.29, 1.82) is 0 Å². The number of rotatable bonds is 4. The van der Waals surface area contributed by atoms with E-state index in [1.165, 1.54) is 22.4 Å². The number of hydrogen-bond donors (Lipinski definition) is 2. The van der Waals surface area contributed by atoms with Gasteiger partial charge in [-0.1, -0.05) is 54.3 Å². The first-order valence-corrected chi connectivity index (χ1v) is 9.08. The summed E-state index contributed by atoms with van der Waals surface area (Å²) in [4.78, 5) is 0. The van der Waals surface area contributed by atoms with Crippen LogP contribution in [0.3, 0.4) is 0 Å². The molecule has 0 heterocycles. The smallest absolute Gasteiger partial charge is 0.127 e. The zero-order valence-electron chi connectivity index (χ0n) is 15.9. The van der Waals surface area contributed by atoms with Crippen molar-refractivity contribution in [3.05, 3.63) is 83.2 Å². The monoisotopic (exact) mass is 361 g/mol. The quantitative estimate of drug-likeness (QED) is 0.644. The number of hydrogen-bond acceptors (Lipinski definition) is 2. The maximum Gasteiger partial charge on any atom is 0.127 e. The van der Waals surface area contributed by atoms with Crippen LogP contribution in [0.15, 0.2) is 60.7 Å². The molecular formula is C24H24FNO. The molecule has 0 aliphatic heterocycles. The Bertz CT molecular complexity index is 1000. The van der Waals surface area contributed by atoms with Crippen molar-refractivity contribution in [2.75, 3.05) is 0 Å². The van der Waals surface area contributed by atoms with Gasteiger partial charge in [-0.3, -0.25) is 0 Å². The van der Waals surface area contributed by atoms with Crippen LogP contribution in [0.1, 0.15) is 43.5 Å². The lowest BCUT2D eigenvalue weighted by Crippen LogP contribution is -2.19. The van der Waals surface area contributed by atoms with Gasteiger partial charge in [0.2, 0.25) is 0 Å². The molecule has 27 heavy (non-hydrogen) atoms. The van der Waals surface area contributed by atoms with E-state index >= 15 is 0 Å². The first-order valence-electron chi connectivity index (χ1n) is 9.08. The fourth-order valence-corrected chi connectivity index (χ4v) is 3.01. The van der Waals surface area contributed by atoms with Crippen molar-refractivity contribution < 1.29 is 9.50 Å². The Labute approximate surface area is 160 Å². The average molecular weight is 361 g/mol. The molecule has 0 saturated heterocycles. The first kappa shape index (κ1) is 19.1. The molecule has 3 aromatic carbocycles. The van der Waals surface area contributed by atoms with Gasteiger partial charge in [-0.05, 0) is 55.3 Å². The van der Waals surface area contributed by atoms with E-state index in [4.69, 9.17) is 0 Å². The molecule has 0 aliphatic rings. The van der Waals surface area contributed by atoms with Crippen molar-refractivity contribution in [3.63, 3.8) is 0 Å². The largest absolute Gasteiger partial charge is 0.378 e. The van der Waals surface area contributed by atoms with Crippen LogP contribution in [0.25, 0.3) is 10.8 Å². The molecule has 3 aromatic rings. The average Bonchev–Trinajstić information content (AvgIpc) is 2.65. The van der Waals surface area contributed by atoms with Crippen LogP contribution in [0.2, 0.25) is 0 Å². The molecule has 2 N–H and O–H groups in total. The summed E-state index contributed by atoms with van der Waals surface area (Å²) in [7, 11) is 0. The Kier molecular flexibility index (Phi) is 5.60. The molecule has 1 unspecified atom stereocenters. The Morgan fingerprint density at radius 2 is 1.81 bits per heavy atom. The van der Waals surface area contributed by atoms with Gasteiger partial charge in [-0.15, -0.1) is 0 Å². The highest BCUT2D eigenvalue weighted by atomic mass is 19.1. The summed E-state index contributed by atoms with van der Waals surface area (Å²) < 4.78 is 14.2. The molecule has 0 radical (unpaired) electrons. The van der Waals surface area contributed by atoms with Crippen LogP contribution >= 0.6 is 0 Å². The maximum atomic E-state index is 14.2. The molecule has 138 valence electrons. The molecule has 0 amide bonds. The van der Waals surface area contributed by atoms with Crippen LogP contribution in [0, 0.1) is 17.7 Å². The number of fused-ring (bicyclic) bond motifs is 1. The third kappa shape index (κ3) is 4.95. The van der Waals surface area contributed by atoms with Crippen molar-refractivity contribution in [2.24, 2.45) is 0 Å². The summed E-state index contributed by atoms with van der Waals surface area (Å²) in [5, 5.41) is 15.5. The second-order valence-corrected chi connectivity index (χ2v) is 7.29. The molecule has 0 bridgehead atoms. The van der Waals surface area contributed by atoms with Crippen LogP contribution in [0.5, 0.6) is 0 Å². The summed E-state index contributed by atoms with van der Waals surface area (Å²) in [5.41, 5.74) is 1.36. The van der Waals surface area contributed by atoms with Gasteiger partial charge in [0.25, 0.3) is 0 Å². The zero-order chi connectivity index (χ0) is 19.4. The summed E-state index contributed by atoms with van der Waals surface area (Å²) >= 11 is 0. The van der Waals surface area contributed by atoms with Crippen molar-refractivity contribution in [3.8, 4) is 11.8 Å². The van der Waals surface area contributed by atoms with E-state index in [1.807, 2.05) is 18.2 Å². The van der Waals surface area contributed by atoms with Crippen LogP contribution in [-0.4, -0.2) is 10.7 Å². The minimum absolute atomic E-state index is 0.0709. The third-order valence-corrected chi connectivity index (χ3v) is 4.45. The molecule has 0 spiro atoms. The van der Waals surface area contributed by atoms with E-state index in [0.29, 0.717) is 17.7 Å². The fourth-order valence-electron chi connectivity index (χ4n) is 3.01. The van der Waals surface area contributed by atoms with Gasteiger partial charge in [-0.25, -0.2) is 4.39 Å². The van der Waals surface area contributed by atoms with Crippen LogP contribution < -0.4 is 5.32 Å². The van der Waals surface area contributed by atoms with E-state index in [2.05, 4.69) is 48.3 Å². The van der Waals surface area contributed by atoms with Crippen LogP contribution in [-0.2, 0) is 6.54 Å². The predicted molar refractivity (Wildman–Crippen MR) is 109 cm³/mol.